The fraction of sp³-hybridized carbons (Fsp3) is 0.207. The zero-order chi connectivity index (χ0) is 26.5. The summed E-state index contributed by atoms with van der Waals surface area (Å²) in [5.74, 6) is 0.705. The SMILES string of the molecule is C=CC(=O)Nc1cccc(-c2cccc3cnc(Nc4ccc([C@]5(CO)CNCCO5)cc4OC)nc23)c1. The molecule has 1 fully saturated rings. The maximum Gasteiger partial charge on any atom is 0.247 e. The second-order valence-corrected chi connectivity index (χ2v) is 8.93. The molecule has 2 heterocycles. The summed E-state index contributed by atoms with van der Waals surface area (Å²) < 4.78 is 11.6. The number of methoxy groups -OCH3 is 1. The Morgan fingerprint density at radius 1 is 1.24 bits per heavy atom. The molecule has 3 aromatic carbocycles. The van der Waals surface area contributed by atoms with Gasteiger partial charge in [-0.25, -0.2) is 9.97 Å². The van der Waals surface area contributed by atoms with Gasteiger partial charge in [0.15, 0.2) is 0 Å². The molecule has 1 saturated heterocycles. The van der Waals surface area contributed by atoms with E-state index < -0.39 is 5.60 Å². The van der Waals surface area contributed by atoms with Crippen LogP contribution < -0.4 is 20.7 Å². The Morgan fingerprint density at radius 2 is 2.11 bits per heavy atom. The van der Waals surface area contributed by atoms with Crippen LogP contribution in [0.15, 0.2) is 79.5 Å². The fourth-order valence-electron chi connectivity index (χ4n) is 4.54. The number of carbonyl (C=O) groups is 1. The number of hydrogen-bond acceptors (Lipinski definition) is 8. The summed E-state index contributed by atoms with van der Waals surface area (Å²) in [6.45, 7) is 5.12. The molecule has 1 atom stereocenters. The summed E-state index contributed by atoms with van der Waals surface area (Å²) in [7, 11) is 1.59. The number of aliphatic hydroxyl groups is 1. The Morgan fingerprint density at radius 3 is 2.87 bits per heavy atom. The molecule has 1 aromatic heterocycles. The average molecular weight is 512 g/mol. The number of carbonyl (C=O) groups excluding carboxylic acids is 1. The van der Waals surface area contributed by atoms with Crippen LogP contribution >= 0.6 is 0 Å². The van der Waals surface area contributed by atoms with Crippen molar-refractivity contribution < 1.29 is 19.4 Å². The highest BCUT2D eigenvalue weighted by Gasteiger charge is 2.35. The number of aromatic nitrogens is 2. The van der Waals surface area contributed by atoms with E-state index in [1.165, 1.54) is 6.08 Å². The van der Waals surface area contributed by atoms with E-state index in [1.807, 2.05) is 60.7 Å². The van der Waals surface area contributed by atoms with Gasteiger partial charge >= 0.3 is 0 Å². The van der Waals surface area contributed by atoms with E-state index >= 15 is 0 Å². The molecule has 5 rings (SSSR count). The van der Waals surface area contributed by atoms with Crippen molar-refractivity contribution in [2.24, 2.45) is 0 Å². The predicted molar refractivity (Wildman–Crippen MR) is 148 cm³/mol. The zero-order valence-electron chi connectivity index (χ0n) is 21.0. The van der Waals surface area contributed by atoms with Gasteiger partial charge in [-0.15, -0.1) is 0 Å². The Balaban J connectivity index is 1.48. The van der Waals surface area contributed by atoms with Crippen molar-refractivity contribution in [2.75, 3.05) is 44.0 Å². The van der Waals surface area contributed by atoms with Gasteiger partial charge in [-0.2, -0.15) is 0 Å². The van der Waals surface area contributed by atoms with Gasteiger partial charge in [0.05, 0.1) is 31.5 Å². The molecular formula is C29H29N5O4. The number of aliphatic hydroxyl groups excluding tert-OH is 1. The molecule has 194 valence electrons. The molecule has 1 aliphatic heterocycles. The Labute approximate surface area is 220 Å². The first-order valence-corrected chi connectivity index (χ1v) is 12.3. The molecule has 0 bridgehead atoms. The van der Waals surface area contributed by atoms with E-state index in [-0.39, 0.29) is 12.5 Å². The predicted octanol–water partition coefficient (Wildman–Crippen LogP) is 3.98. The summed E-state index contributed by atoms with van der Waals surface area (Å²) in [5, 5.41) is 20.3. The number of nitrogens with one attached hydrogen (secondary N) is 3. The zero-order valence-corrected chi connectivity index (χ0v) is 21.0. The average Bonchev–Trinajstić information content (AvgIpc) is 2.97. The van der Waals surface area contributed by atoms with Crippen molar-refractivity contribution in [3.8, 4) is 16.9 Å². The van der Waals surface area contributed by atoms with Crippen LogP contribution in [0.25, 0.3) is 22.0 Å². The summed E-state index contributed by atoms with van der Waals surface area (Å²) in [4.78, 5) is 21.1. The van der Waals surface area contributed by atoms with Crippen LogP contribution in [0, 0.1) is 0 Å². The number of rotatable bonds is 8. The summed E-state index contributed by atoms with van der Waals surface area (Å²) in [6.07, 6.45) is 3.00. The van der Waals surface area contributed by atoms with E-state index in [0.29, 0.717) is 36.2 Å². The summed E-state index contributed by atoms with van der Waals surface area (Å²) >= 11 is 0. The topological polar surface area (TPSA) is 118 Å². The quantitative estimate of drug-likeness (QED) is 0.263. The second-order valence-electron chi connectivity index (χ2n) is 8.93. The highest BCUT2D eigenvalue weighted by molar-refractivity contribution is 6.00. The van der Waals surface area contributed by atoms with E-state index in [9.17, 15) is 9.90 Å². The Bertz CT molecular complexity index is 1480. The number of para-hydroxylation sites is 1. The number of nitrogens with zero attached hydrogens (tertiary/aromatic N) is 2. The first-order valence-electron chi connectivity index (χ1n) is 12.3. The molecule has 9 heteroatoms. The number of amides is 1. The number of morpholine rings is 1. The number of anilines is 3. The van der Waals surface area contributed by atoms with Crippen LogP contribution in [0.4, 0.5) is 17.3 Å². The van der Waals surface area contributed by atoms with Gasteiger partial charge < -0.3 is 30.5 Å². The largest absolute Gasteiger partial charge is 0.495 e. The van der Waals surface area contributed by atoms with Gasteiger partial charge in [-0.3, -0.25) is 4.79 Å². The third kappa shape index (κ3) is 5.08. The molecular weight excluding hydrogens is 482 g/mol. The molecule has 9 nitrogen and oxygen atoms in total. The van der Waals surface area contributed by atoms with Crippen molar-refractivity contribution in [1.82, 2.24) is 15.3 Å². The fourth-order valence-corrected chi connectivity index (χ4v) is 4.54. The van der Waals surface area contributed by atoms with E-state index in [0.717, 1.165) is 34.1 Å². The summed E-state index contributed by atoms with van der Waals surface area (Å²) in [6, 6.07) is 19.1. The van der Waals surface area contributed by atoms with Gasteiger partial charge in [0, 0.05) is 35.9 Å². The molecule has 38 heavy (non-hydrogen) atoms. The standard InChI is InChI=1S/C29H29N5O4/c1-3-26(36)32-22-8-4-6-19(14-22)23-9-5-7-20-16-31-28(34-27(20)23)33-24-11-10-21(15-25(24)37-2)29(18-35)17-30-12-13-38-29/h3-11,14-16,30,35H,1,12-13,17-18H2,2H3,(H,32,36)(H,31,33,34)/t29-/m1/s1. The van der Waals surface area contributed by atoms with E-state index in [1.54, 1.807) is 13.3 Å². The van der Waals surface area contributed by atoms with Crippen LogP contribution in [-0.4, -0.2) is 54.4 Å². The molecule has 0 spiro atoms. The van der Waals surface area contributed by atoms with Crippen molar-refractivity contribution in [3.63, 3.8) is 0 Å². The number of hydrogen-bond donors (Lipinski definition) is 4. The molecule has 1 amide bonds. The molecule has 0 saturated carbocycles. The van der Waals surface area contributed by atoms with Crippen LogP contribution in [0.5, 0.6) is 5.75 Å². The summed E-state index contributed by atoms with van der Waals surface area (Å²) in [5.41, 5.74) is 3.90. The van der Waals surface area contributed by atoms with Crippen molar-refractivity contribution >= 4 is 34.1 Å². The lowest BCUT2D eigenvalue weighted by Gasteiger charge is -2.36. The molecule has 0 aliphatic carbocycles. The molecule has 0 radical (unpaired) electrons. The highest BCUT2D eigenvalue weighted by atomic mass is 16.5. The number of ether oxygens (including phenoxy) is 2. The third-order valence-corrected chi connectivity index (χ3v) is 6.53. The lowest BCUT2D eigenvalue weighted by molar-refractivity contribution is -0.111. The second kappa shape index (κ2) is 11.0. The van der Waals surface area contributed by atoms with Crippen molar-refractivity contribution in [3.05, 3.63) is 85.1 Å². The first-order chi connectivity index (χ1) is 18.5. The van der Waals surface area contributed by atoms with Gasteiger partial charge in [-0.1, -0.05) is 43.0 Å². The van der Waals surface area contributed by atoms with Crippen molar-refractivity contribution in [1.29, 1.82) is 0 Å². The van der Waals surface area contributed by atoms with Crippen LogP contribution in [0.2, 0.25) is 0 Å². The molecule has 1 aliphatic rings. The molecule has 4 aromatic rings. The smallest absolute Gasteiger partial charge is 0.247 e. The van der Waals surface area contributed by atoms with Crippen LogP contribution in [-0.2, 0) is 15.1 Å². The lowest BCUT2D eigenvalue weighted by atomic mass is 9.92. The highest BCUT2D eigenvalue weighted by Crippen LogP contribution is 2.35. The minimum atomic E-state index is -0.821. The first kappa shape index (κ1) is 25.3. The number of benzene rings is 3. The van der Waals surface area contributed by atoms with E-state index in [2.05, 4.69) is 27.5 Å². The normalized spacial score (nSPS) is 17.1. The third-order valence-electron chi connectivity index (χ3n) is 6.53. The van der Waals surface area contributed by atoms with Gasteiger partial charge in [-0.05, 0) is 41.5 Å². The molecule has 0 unspecified atom stereocenters. The minimum Gasteiger partial charge on any atom is -0.495 e. The maximum absolute atomic E-state index is 11.8. The molecule has 4 N–H and O–H groups in total. The van der Waals surface area contributed by atoms with Crippen LogP contribution in [0.3, 0.4) is 0 Å². The van der Waals surface area contributed by atoms with Crippen molar-refractivity contribution in [2.45, 2.75) is 5.60 Å². The Kier molecular flexibility index (Phi) is 7.32. The monoisotopic (exact) mass is 511 g/mol. The van der Waals surface area contributed by atoms with Gasteiger partial charge in [0.25, 0.3) is 0 Å². The minimum absolute atomic E-state index is 0.148. The van der Waals surface area contributed by atoms with E-state index in [4.69, 9.17) is 14.5 Å². The lowest BCUT2D eigenvalue weighted by Crippen LogP contribution is -2.49. The number of fused-ring (bicyclic) bond motifs is 1. The van der Waals surface area contributed by atoms with Crippen LogP contribution in [0.1, 0.15) is 5.56 Å². The maximum atomic E-state index is 11.8. The van der Waals surface area contributed by atoms with Gasteiger partial charge in [0.2, 0.25) is 11.9 Å². The Hall–Kier alpha value is -4.31. The van der Waals surface area contributed by atoms with Gasteiger partial charge in [0.1, 0.15) is 11.4 Å².